The van der Waals surface area contributed by atoms with Gasteiger partial charge in [-0.2, -0.15) is 0 Å². The number of ether oxygens (including phenoxy) is 1. The Morgan fingerprint density at radius 3 is 2.57 bits per heavy atom. The van der Waals surface area contributed by atoms with Crippen LogP contribution in [0.2, 0.25) is 0 Å². The number of carbonyl (C=O) groups excluding carboxylic acids is 1. The van der Waals surface area contributed by atoms with Crippen LogP contribution in [0.25, 0.3) is 0 Å². The fraction of sp³-hybridized carbons (Fsp3) is 0.467. The van der Waals surface area contributed by atoms with Crippen molar-refractivity contribution in [1.82, 2.24) is 5.32 Å². The first kappa shape index (κ1) is 17.1. The third kappa shape index (κ3) is 5.15. The Morgan fingerprint density at radius 1 is 1.38 bits per heavy atom. The molecule has 0 aliphatic carbocycles. The molecule has 0 aliphatic heterocycles. The predicted molar refractivity (Wildman–Crippen MR) is 75.5 cm³/mol. The van der Waals surface area contributed by atoms with Crippen molar-refractivity contribution in [2.45, 2.75) is 32.9 Å². The molecule has 1 atom stereocenters. The second-order valence-corrected chi connectivity index (χ2v) is 5.20. The summed E-state index contributed by atoms with van der Waals surface area (Å²) in [7, 11) is 1.29. The van der Waals surface area contributed by atoms with Crippen LogP contribution < -0.4 is 5.32 Å². The summed E-state index contributed by atoms with van der Waals surface area (Å²) >= 11 is 0. The average Bonchev–Trinajstić information content (AvgIpc) is 2.43. The minimum Gasteiger partial charge on any atom is -0.478 e. The second kappa shape index (κ2) is 7.73. The molecule has 1 unspecified atom stereocenters. The van der Waals surface area contributed by atoms with Gasteiger partial charge in [-0.3, -0.25) is 4.79 Å². The van der Waals surface area contributed by atoms with Gasteiger partial charge in [0.05, 0.1) is 12.7 Å². The molecule has 6 heteroatoms. The van der Waals surface area contributed by atoms with Crippen molar-refractivity contribution in [3.63, 3.8) is 0 Å². The van der Waals surface area contributed by atoms with Gasteiger partial charge in [0.1, 0.15) is 11.9 Å². The van der Waals surface area contributed by atoms with Crippen LogP contribution >= 0.6 is 0 Å². The molecular formula is C15H20FNO4. The number of benzene rings is 1. The van der Waals surface area contributed by atoms with Crippen molar-refractivity contribution in [2.24, 2.45) is 5.92 Å². The number of rotatable bonds is 7. The summed E-state index contributed by atoms with van der Waals surface area (Å²) in [5.41, 5.74) is 0.208. The summed E-state index contributed by atoms with van der Waals surface area (Å²) in [6.45, 7) is 3.98. The molecule has 0 aromatic heterocycles. The molecule has 0 saturated carbocycles. The van der Waals surface area contributed by atoms with Gasteiger partial charge < -0.3 is 15.2 Å². The molecule has 0 amide bonds. The Labute approximate surface area is 123 Å². The molecule has 0 spiro atoms. The van der Waals surface area contributed by atoms with E-state index < -0.39 is 23.8 Å². The van der Waals surface area contributed by atoms with Crippen LogP contribution in [-0.2, 0) is 16.1 Å². The molecule has 1 aromatic carbocycles. The van der Waals surface area contributed by atoms with E-state index in [0.717, 1.165) is 6.07 Å². The normalized spacial score (nSPS) is 12.2. The highest BCUT2D eigenvalue weighted by molar-refractivity contribution is 5.87. The molecule has 0 bridgehead atoms. The molecule has 0 fully saturated rings. The van der Waals surface area contributed by atoms with Gasteiger partial charge in [0.15, 0.2) is 0 Å². The van der Waals surface area contributed by atoms with Crippen LogP contribution in [0, 0.1) is 11.7 Å². The summed E-state index contributed by atoms with van der Waals surface area (Å²) in [4.78, 5) is 22.5. The Morgan fingerprint density at radius 2 is 2.05 bits per heavy atom. The van der Waals surface area contributed by atoms with E-state index in [1.165, 1.54) is 19.2 Å². The van der Waals surface area contributed by atoms with Gasteiger partial charge in [0.2, 0.25) is 0 Å². The lowest BCUT2D eigenvalue weighted by molar-refractivity contribution is -0.143. The summed E-state index contributed by atoms with van der Waals surface area (Å²) in [6, 6.07) is 3.01. The molecule has 0 aliphatic rings. The van der Waals surface area contributed by atoms with Crippen LogP contribution in [0.4, 0.5) is 4.39 Å². The monoisotopic (exact) mass is 297 g/mol. The second-order valence-electron chi connectivity index (χ2n) is 5.20. The maximum absolute atomic E-state index is 13.7. The fourth-order valence-electron chi connectivity index (χ4n) is 1.95. The van der Waals surface area contributed by atoms with Crippen molar-refractivity contribution in [3.05, 3.63) is 35.1 Å². The SMILES string of the molecule is COC(=O)C(CC(C)C)NCc1cc(C(=O)O)ccc1F. The van der Waals surface area contributed by atoms with E-state index in [4.69, 9.17) is 9.84 Å². The number of carboxylic acid groups (broad SMARTS) is 1. The van der Waals surface area contributed by atoms with Crippen LogP contribution in [0.15, 0.2) is 18.2 Å². The first-order valence-electron chi connectivity index (χ1n) is 6.68. The van der Waals surface area contributed by atoms with Gasteiger partial charge >= 0.3 is 11.9 Å². The zero-order valence-electron chi connectivity index (χ0n) is 12.4. The lowest BCUT2D eigenvalue weighted by Crippen LogP contribution is -2.38. The van der Waals surface area contributed by atoms with Gasteiger partial charge in [-0.1, -0.05) is 13.8 Å². The van der Waals surface area contributed by atoms with Gasteiger partial charge in [-0.15, -0.1) is 0 Å². The molecule has 0 radical (unpaired) electrons. The molecule has 1 rings (SSSR count). The Kier molecular flexibility index (Phi) is 6.30. The maximum atomic E-state index is 13.7. The number of halogens is 1. The summed E-state index contributed by atoms with van der Waals surface area (Å²) in [5, 5.41) is 11.8. The number of esters is 1. The van der Waals surface area contributed by atoms with E-state index >= 15 is 0 Å². The molecule has 21 heavy (non-hydrogen) atoms. The van der Waals surface area contributed by atoms with Gasteiger partial charge in [0.25, 0.3) is 0 Å². The van der Waals surface area contributed by atoms with Crippen LogP contribution in [0.1, 0.15) is 36.2 Å². The summed E-state index contributed by atoms with van der Waals surface area (Å²) < 4.78 is 18.4. The van der Waals surface area contributed by atoms with Crippen molar-refractivity contribution < 1.29 is 23.8 Å². The minimum atomic E-state index is -1.12. The lowest BCUT2D eigenvalue weighted by atomic mass is 10.0. The number of carboxylic acids is 1. The highest BCUT2D eigenvalue weighted by Crippen LogP contribution is 2.12. The molecule has 116 valence electrons. The van der Waals surface area contributed by atoms with E-state index in [1.54, 1.807) is 0 Å². The molecular weight excluding hydrogens is 277 g/mol. The van der Waals surface area contributed by atoms with Crippen molar-refractivity contribution in [1.29, 1.82) is 0 Å². The Hall–Kier alpha value is -1.95. The zero-order valence-corrected chi connectivity index (χ0v) is 12.4. The predicted octanol–water partition coefficient (Wildman–Crippen LogP) is 2.20. The number of nitrogens with one attached hydrogen (secondary N) is 1. The highest BCUT2D eigenvalue weighted by Gasteiger charge is 2.20. The molecule has 1 aromatic rings. The van der Waals surface area contributed by atoms with Crippen LogP contribution in [0.5, 0.6) is 0 Å². The lowest BCUT2D eigenvalue weighted by Gasteiger charge is -2.18. The van der Waals surface area contributed by atoms with E-state index in [9.17, 15) is 14.0 Å². The minimum absolute atomic E-state index is 0.00618. The molecule has 0 saturated heterocycles. The smallest absolute Gasteiger partial charge is 0.335 e. The fourth-order valence-corrected chi connectivity index (χ4v) is 1.95. The quantitative estimate of drug-likeness (QED) is 0.755. The number of carbonyl (C=O) groups is 2. The number of aromatic carboxylic acids is 1. The molecule has 2 N–H and O–H groups in total. The van der Waals surface area contributed by atoms with E-state index in [2.05, 4.69) is 5.32 Å². The first-order valence-corrected chi connectivity index (χ1v) is 6.68. The topological polar surface area (TPSA) is 75.6 Å². The Bertz CT molecular complexity index is 516. The van der Waals surface area contributed by atoms with Gasteiger partial charge in [0, 0.05) is 12.1 Å². The van der Waals surface area contributed by atoms with E-state index in [1.807, 2.05) is 13.8 Å². The summed E-state index contributed by atoms with van der Waals surface area (Å²) in [5.74, 6) is -1.79. The summed E-state index contributed by atoms with van der Waals surface area (Å²) in [6.07, 6.45) is 0.549. The highest BCUT2D eigenvalue weighted by atomic mass is 19.1. The van der Waals surface area contributed by atoms with E-state index in [-0.39, 0.29) is 23.6 Å². The molecule has 0 heterocycles. The Balaban J connectivity index is 2.81. The number of methoxy groups -OCH3 is 1. The van der Waals surface area contributed by atoms with Crippen molar-refractivity contribution in [2.75, 3.05) is 7.11 Å². The van der Waals surface area contributed by atoms with Gasteiger partial charge in [-0.25, -0.2) is 9.18 Å². The van der Waals surface area contributed by atoms with Crippen LogP contribution in [0.3, 0.4) is 0 Å². The van der Waals surface area contributed by atoms with Crippen molar-refractivity contribution in [3.8, 4) is 0 Å². The maximum Gasteiger partial charge on any atom is 0.335 e. The third-order valence-electron chi connectivity index (χ3n) is 3.02. The first-order chi connectivity index (χ1) is 9.85. The largest absolute Gasteiger partial charge is 0.478 e. The number of hydrogen-bond acceptors (Lipinski definition) is 4. The zero-order chi connectivity index (χ0) is 16.0. The molecule has 5 nitrogen and oxygen atoms in total. The average molecular weight is 297 g/mol. The van der Waals surface area contributed by atoms with Crippen molar-refractivity contribution >= 4 is 11.9 Å². The third-order valence-corrected chi connectivity index (χ3v) is 3.02. The standard InChI is InChI=1S/C15H20FNO4/c1-9(2)6-13(15(20)21-3)17-8-11-7-10(14(18)19)4-5-12(11)16/h4-5,7,9,13,17H,6,8H2,1-3H3,(H,18,19). The van der Waals surface area contributed by atoms with Crippen LogP contribution in [-0.4, -0.2) is 30.2 Å². The number of hydrogen-bond donors (Lipinski definition) is 2. The van der Waals surface area contributed by atoms with Gasteiger partial charge in [-0.05, 0) is 30.5 Å². The van der Waals surface area contributed by atoms with E-state index in [0.29, 0.717) is 6.42 Å².